The Kier molecular flexibility index (Phi) is 3.64. The Bertz CT molecular complexity index is 1060. The number of piperazine rings is 1. The molecule has 1 aliphatic rings. The van der Waals surface area contributed by atoms with Gasteiger partial charge in [0.05, 0.1) is 15.8 Å². The van der Waals surface area contributed by atoms with Crippen LogP contribution in [0, 0.1) is 0 Å². The van der Waals surface area contributed by atoms with Gasteiger partial charge in [-0.15, -0.1) is 0 Å². The molecule has 0 saturated carbocycles. The Balaban J connectivity index is 1.33. The number of thiazole rings is 1. The minimum Gasteiger partial charge on any atom is -0.463 e. The van der Waals surface area contributed by atoms with Gasteiger partial charge in [-0.25, -0.2) is 4.98 Å². The van der Waals surface area contributed by atoms with Crippen molar-refractivity contribution in [3.8, 4) is 0 Å². The van der Waals surface area contributed by atoms with Crippen LogP contribution < -0.4 is 4.90 Å². The lowest BCUT2D eigenvalue weighted by Gasteiger charge is -2.34. The number of para-hydroxylation sites is 2. The number of aromatic nitrogens is 1. The fourth-order valence-electron chi connectivity index (χ4n) is 3.41. The van der Waals surface area contributed by atoms with E-state index in [2.05, 4.69) is 11.0 Å². The summed E-state index contributed by atoms with van der Waals surface area (Å²) >= 11 is 1.71. The summed E-state index contributed by atoms with van der Waals surface area (Å²) in [6, 6.07) is 15.9. The Hall–Kier alpha value is -2.86. The molecule has 0 bridgehead atoms. The summed E-state index contributed by atoms with van der Waals surface area (Å²) < 4.78 is 6.72. The number of hydrogen-bond donors (Lipinski definition) is 0. The average Bonchev–Trinajstić information content (AvgIpc) is 3.32. The molecule has 0 N–H and O–H groups in total. The minimum absolute atomic E-state index is 0.0406. The van der Waals surface area contributed by atoms with Crippen molar-refractivity contribution in [1.82, 2.24) is 9.88 Å². The average molecular weight is 363 g/mol. The van der Waals surface area contributed by atoms with E-state index in [1.807, 2.05) is 47.4 Å². The van der Waals surface area contributed by atoms with Crippen molar-refractivity contribution >= 4 is 43.6 Å². The van der Waals surface area contributed by atoms with E-state index in [1.165, 1.54) is 4.70 Å². The Morgan fingerprint density at radius 3 is 2.62 bits per heavy atom. The number of anilines is 1. The van der Waals surface area contributed by atoms with Gasteiger partial charge in [0.25, 0.3) is 5.91 Å². The summed E-state index contributed by atoms with van der Waals surface area (Å²) in [5, 5.41) is 1.91. The number of rotatable bonds is 2. The van der Waals surface area contributed by atoms with E-state index >= 15 is 0 Å². The van der Waals surface area contributed by atoms with E-state index in [9.17, 15) is 4.79 Å². The van der Waals surface area contributed by atoms with Gasteiger partial charge in [0.1, 0.15) is 11.8 Å². The van der Waals surface area contributed by atoms with Gasteiger partial charge in [-0.3, -0.25) is 4.79 Å². The van der Waals surface area contributed by atoms with Crippen LogP contribution in [-0.4, -0.2) is 42.0 Å². The molecule has 6 heteroatoms. The fourth-order valence-corrected chi connectivity index (χ4v) is 4.43. The van der Waals surface area contributed by atoms with Gasteiger partial charge >= 0.3 is 0 Å². The number of carbonyl (C=O) groups is 1. The van der Waals surface area contributed by atoms with Crippen molar-refractivity contribution in [3.05, 3.63) is 60.4 Å². The highest BCUT2D eigenvalue weighted by molar-refractivity contribution is 7.22. The summed E-state index contributed by atoms with van der Waals surface area (Å²) in [4.78, 5) is 21.8. The lowest BCUT2D eigenvalue weighted by Crippen LogP contribution is -2.48. The molecule has 0 aliphatic carbocycles. The highest BCUT2D eigenvalue weighted by Gasteiger charge is 2.25. The Morgan fingerprint density at radius 2 is 1.77 bits per heavy atom. The van der Waals surface area contributed by atoms with Crippen molar-refractivity contribution in [2.75, 3.05) is 31.1 Å². The highest BCUT2D eigenvalue weighted by atomic mass is 32.1. The van der Waals surface area contributed by atoms with E-state index in [0.29, 0.717) is 18.7 Å². The van der Waals surface area contributed by atoms with Crippen LogP contribution in [0.1, 0.15) is 10.4 Å². The smallest absolute Gasteiger partial charge is 0.257 e. The summed E-state index contributed by atoms with van der Waals surface area (Å²) in [6.07, 6.45) is 1.58. The number of hydrogen-bond acceptors (Lipinski definition) is 5. The SMILES string of the molecule is O=C(c1coc2ccccc12)N1CCN(c2nc3ccccc3s2)CC1. The maximum atomic E-state index is 12.9. The second kappa shape index (κ2) is 6.14. The maximum Gasteiger partial charge on any atom is 0.257 e. The van der Waals surface area contributed by atoms with Gasteiger partial charge in [-0.1, -0.05) is 41.7 Å². The second-order valence-corrected chi connectivity index (χ2v) is 7.40. The van der Waals surface area contributed by atoms with Gasteiger partial charge < -0.3 is 14.2 Å². The van der Waals surface area contributed by atoms with E-state index in [1.54, 1.807) is 17.6 Å². The quantitative estimate of drug-likeness (QED) is 0.540. The van der Waals surface area contributed by atoms with E-state index in [4.69, 9.17) is 9.40 Å². The number of fused-ring (bicyclic) bond motifs is 2. The van der Waals surface area contributed by atoms with Crippen LogP contribution in [0.5, 0.6) is 0 Å². The molecule has 1 amide bonds. The highest BCUT2D eigenvalue weighted by Crippen LogP contribution is 2.29. The zero-order valence-electron chi connectivity index (χ0n) is 14.1. The number of benzene rings is 2. The van der Waals surface area contributed by atoms with Crippen molar-refractivity contribution in [3.63, 3.8) is 0 Å². The van der Waals surface area contributed by atoms with Gasteiger partial charge in [0, 0.05) is 31.6 Å². The number of furan rings is 1. The molecule has 0 radical (unpaired) electrons. The minimum atomic E-state index is 0.0406. The predicted molar refractivity (Wildman–Crippen MR) is 104 cm³/mol. The zero-order chi connectivity index (χ0) is 17.5. The molecule has 26 heavy (non-hydrogen) atoms. The molecule has 1 aliphatic heterocycles. The van der Waals surface area contributed by atoms with Crippen molar-refractivity contribution < 1.29 is 9.21 Å². The van der Waals surface area contributed by atoms with Crippen LogP contribution in [-0.2, 0) is 0 Å². The lowest BCUT2D eigenvalue weighted by atomic mass is 10.1. The molecule has 4 aromatic rings. The summed E-state index contributed by atoms with van der Waals surface area (Å²) in [5.74, 6) is 0.0406. The van der Waals surface area contributed by atoms with Gasteiger partial charge in [-0.05, 0) is 18.2 Å². The van der Waals surface area contributed by atoms with Gasteiger partial charge in [0.2, 0.25) is 0 Å². The molecule has 130 valence electrons. The van der Waals surface area contributed by atoms with Crippen molar-refractivity contribution in [1.29, 1.82) is 0 Å². The molecule has 0 atom stereocenters. The standard InChI is InChI=1S/C20H17N3O2S/c24-19(15-13-25-17-7-3-1-5-14(15)17)22-9-11-23(12-10-22)20-21-16-6-2-4-8-18(16)26-20/h1-8,13H,9-12H2. The van der Waals surface area contributed by atoms with Gasteiger partial charge in [-0.2, -0.15) is 0 Å². The molecule has 2 aromatic carbocycles. The van der Waals surface area contributed by atoms with Crippen LogP contribution in [0.3, 0.4) is 0 Å². The zero-order valence-corrected chi connectivity index (χ0v) is 14.9. The molecule has 0 spiro atoms. The first-order chi connectivity index (χ1) is 12.8. The summed E-state index contributed by atoms with van der Waals surface area (Å²) in [6.45, 7) is 2.96. The van der Waals surface area contributed by atoms with Crippen LogP contribution in [0.4, 0.5) is 5.13 Å². The monoisotopic (exact) mass is 363 g/mol. The number of amides is 1. The molecule has 5 rings (SSSR count). The lowest BCUT2D eigenvalue weighted by molar-refractivity contribution is 0.0747. The third-order valence-electron chi connectivity index (χ3n) is 4.83. The first-order valence-electron chi connectivity index (χ1n) is 8.65. The number of nitrogens with zero attached hydrogens (tertiary/aromatic N) is 3. The first kappa shape index (κ1) is 15.4. The Morgan fingerprint density at radius 1 is 1.00 bits per heavy atom. The van der Waals surface area contributed by atoms with E-state index in [0.717, 1.165) is 34.7 Å². The van der Waals surface area contributed by atoms with Crippen LogP contribution in [0.2, 0.25) is 0 Å². The van der Waals surface area contributed by atoms with E-state index < -0.39 is 0 Å². The van der Waals surface area contributed by atoms with Crippen LogP contribution >= 0.6 is 11.3 Å². The van der Waals surface area contributed by atoms with Crippen molar-refractivity contribution in [2.24, 2.45) is 0 Å². The third kappa shape index (κ3) is 2.54. The topological polar surface area (TPSA) is 49.6 Å². The molecule has 0 unspecified atom stereocenters. The van der Waals surface area contributed by atoms with Gasteiger partial charge in [0.15, 0.2) is 5.13 Å². The molecule has 3 heterocycles. The maximum absolute atomic E-state index is 12.9. The molecule has 1 saturated heterocycles. The first-order valence-corrected chi connectivity index (χ1v) is 9.47. The molecule has 2 aromatic heterocycles. The predicted octanol–water partition coefficient (Wildman–Crippen LogP) is 4.00. The summed E-state index contributed by atoms with van der Waals surface area (Å²) in [5.41, 5.74) is 2.44. The third-order valence-corrected chi connectivity index (χ3v) is 5.93. The molecular formula is C20H17N3O2S. The largest absolute Gasteiger partial charge is 0.463 e. The van der Waals surface area contributed by atoms with E-state index in [-0.39, 0.29) is 5.91 Å². The molecule has 1 fully saturated rings. The Labute approximate surface area is 154 Å². The fraction of sp³-hybridized carbons (Fsp3) is 0.200. The molecular weight excluding hydrogens is 346 g/mol. The number of carbonyl (C=O) groups excluding carboxylic acids is 1. The summed E-state index contributed by atoms with van der Waals surface area (Å²) in [7, 11) is 0. The van der Waals surface area contributed by atoms with Crippen LogP contribution in [0.25, 0.3) is 21.2 Å². The normalized spacial score (nSPS) is 15.1. The van der Waals surface area contributed by atoms with Crippen LogP contribution in [0.15, 0.2) is 59.2 Å². The second-order valence-electron chi connectivity index (χ2n) is 6.39. The van der Waals surface area contributed by atoms with Crippen molar-refractivity contribution in [2.45, 2.75) is 0 Å². The molecule has 5 nitrogen and oxygen atoms in total.